The number of hydrogen-bond acceptors (Lipinski definition) is 7. The van der Waals surface area contributed by atoms with Gasteiger partial charge in [-0.2, -0.15) is 4.98 Å². The van der Waals surface area contributed by atoms with Crippen molar-refractivity contribution in [2.24, 2.45) is 5.92 Å². The van der Waals surface area contributed by atoms with Gasteiger partial charge in [0, 0.05) is 30.6 Å². The van der Waals surface area contributed by atoms with Crippen LogP contribution < -0.4 is 14.8 Å². The number of fused-ring (bicyclic) bond motifs is 2. The molecular formula is C22H28N4O4. The summed E-state index contributed by atoms with van der Waals surface area (Å²) >= 11 is 0. The molecule has 1 aromatic carbocycles. The van der Waals surface area contributed by atoms with Gasteiger partial charge in [-0.25, -0.2) is 0 Å². The fourth-order valence-corrected chi connectivity index (χ4v) is 5.42. The predicted octanol–water partition coefficient (Wildman–Crippen LogP) is 2.38. The van der Waals surface area contributed by atoms with Gasteiger partial charge in [-0.1, -0.05) is 17.3 Å². The fraction of sp³-hybridized carbons (Fsp3) is 0.591. The van der Waals surface area contributed by atoms with Crippen molar-refractivity contribution in [1.29, 1.82) is 0 Å². The first kappa shape index (κ1) is 19.4. The first-order valence-electron chi connectivity index (χ1n) is 10.8. The Kier molecular flexibility index (Phi) is 4.89. The first-order valence-corrected chi connectivity index (χ1v) is 10.8. The Bertz CT molecular complexity index is 945. The third-order valence-corrected chi connectivity index (χ3v) is 6.90. The molecule has 3 unspecified atom stereocenters. The number of aromatic nitrogens is 2. The number of nitrogens with one attached hydrogen (secondary N) is 1. The number of methoxy groups -OCH3 is 1. The van der Waals surface area contributed by atoms with Crippen LogP contribution in [0, 0.1) is 12.8 Å². The molecular weight excluding hydrogens is 384 g/mol. The van der Waals surface area contributed by atoms with Gasteiger partial charge in [-0.3, -0.25) is 4.79 Å². The van der Waals surface area contributed by atoms with Crippen LogP contribution in [0.15, 0.2) is 22.7 Å². The first-order chi connectivity index (χ1) is 14.6. The quantitative estimate of drug-likeness (QED) is 0.828. The van der Waals surface area contributed by atoms with Crippen LogP contribution in [-0.2, 0) is 10.2 Å². The Labute approximate surface area is 175 Å². The average Bonchev–Trinajstić information content (AvgIpc) is 3.40. The lowest BCUT2D eigenvalue weighted by Gasteiger charge is -2.43. The van der Waals surface area contributed by atoms with Gasteiger partial charge in [0.1, 0.15) is 6.04 Å². The maximum atomic E-state index is 14.0. The molecule has 2 saturated heterocycles. The molecule has 1 spiro atoms. The summed E-state index contributed by atoms with van der Waals surface area (Å²) in [6.45, 7) is 4.51. The highest BCUT2D eigenvalue weighted by atomic mass is 16.5. The SMILES string of the molecule is COc1cccc2c1OCCC21CNCC1C(=O)N1CCCCC1c1nc(C)no1. The molecule has 3 atom stereocenters. The van der Waals surface area contributed by atoms with Crippen LogP contribution >= 0.6 is 0 Å². The standard InChI is InChI=1S/C22H28N4O4/c1-14-24-20(30-25-14)17-7-3-4-10-26(17)21(27)16-12-23-13-22(16)9-11-29-19-15(22)6-5-8-18(19)28-2/h5-6,8,16-17,23H,3-4,7,9-13H2,1-2H3. The van der Waals surface area contributed by atoms with Crippen LogP contribution in [0.2, 0.25) is 0 Å². The normalized spacial score (nSPS) is 28.3. The van der Waals surface area contributed by atoms with Gasteiger partial charge in [0.25, 0.3) is 0 Å². The van der Waals surface area contributed by atoms with E-state index in [1.165, 1.54) is 0 Å². The number of aryl methyl sites for hydroxylation is 1. The largest absolute Gasteiger partial charge is 0.493 e. The van der Waals surface area contributed by atoms with Crippen LogP contribution in [0.5, 0.6) is 11.5 Å². The number of carbonyl (C=O) groups excluding carboxylic acids is 1. The number of nitrogens with zero attached hydrogens (tertiary/aromatic N) is 3. The summed E-state index contributed by atoms with van der Waals surface area (Å²) < 4.78 is 17.0. The molecule has 8 nitrogen and oxygen atoms in total. The number of piperidine rings is 1. The van der Waals surface area contributed by atoms with Gasteiger partial charge >= 0.3 is 0 Å². The maximum absolute atomic E-state index is 14.0. The number of rotatable bonds is 3. The van der Waals surface area contributed by atoms with E-state index in [-0.39, 0.29) is 23.3 Å². The number of carbonyl (C=O) groups is 1. The van der Waals surface area contributed by atoms with Crippen molar-refractivity contribution in [3.63, 3.8) is 0 Å². The number of amides is 1. The third-order valence-electron chi connectivity index (χ3n) is 6.90. The monoisotopic (exact) mass is 412 g/mol. The fourth-order valence-electron chi connectivity index (χ4n) is 5.42. The van der Waals surface area contributed by atoms with Gasteiger partial charge in [0.15, 0.2) is 17.3 Å². The molecule has 0 aliphatic carbocycles. The highest BCUT2D eigenvalue weighted by Gasteiger charge is 2.53. The summed E-state index contributed by atoms with van der Waals surface area (Å²) in [5.74, 6) is 2.65. The van der Waals surface area contributed by atoms with Crippen molar-refractivity contribution in [2.75, 3.05) is 33.4 Å². The number of para-hydroxylation sites is 1. The summed E-state index contributed by atoms with van der Waals surface area (Å²) in [7, 11) is 1.65. The molecule has 3 aliphatic heterocycles. The molecule has 2 aromatic rings. The molecule has 30 heavy (non-hydrogen) atoms. The Morgan fingerprint density at radius 3 is 3.07 bits per heavy atom. The van der Waals surface area contributed by atoms with Crippen molar-refractivity contribution >= 4 is 5.91 Å². The Hall–Kier alpha value is -2.61. The predicted molar refractivity (Wildman–Crippen MR) is 108 cm³/mol. The van der Waals surface area contributed by atoms with Crippen molar-refractivity contribution in [2.45, 2.75) is 44.1 Å². The summed E-state index contributed by atoms with van der Waals surface area (Å²) in [6, 6.07) is 5.84. The lowest BCUT2D eigenvalue weighted by Crippen LogP contribution is -2.50. The van der Waals surface area contributed by atoms with Crippen molar-refractivity contribution in [3.05, 3.63) is 35.5 Å². The van der Waals surface area contributed by atoms with Crippen molar-refractivity contribution in [3.8, 4) is 11.5 Å². The third kappa shape index (κ3) is 2.96. The molecule has 2 fully saturated rings. The van der Waals surface area contributed by atoms with E-state index in [2.05, 4.69) is 21.5 Å². The zero-order valence-corrected chi connectivity index (χ0v) is 17.5. The van der Waals surface area contributed by atoms with Crippen LogP contribution in [0.4, 0.5) is 0 Å². The van der Waals surface area contributed by atoms with E-state index < -0.39 is 0 Å². The molecule has 1 amide bonds. The smallest absolute Gasteiger partial charge is 0.249 e. The van der Waals surface area contributed by atoms with Crippen LogP contribution in [-0.4, -0.2) is 54.3 Å². The Balaban J connectivity index is 1.50. The van der Waals surface area contributed by atoms with Crippen molar-refractivity contribution < 1.29 is 18.8 Å². The molecule has 0 radical (unpaired) electrons. The molecule has 4 heterocycles. The van der Waals surface area contributed by atoms with Crippen LogP contribution in [0.25, 0.3) is 0 Å². The van der Waals surface area contributed by atoms with Crippen molar-refractivity contribution in [1.82, 2.24) is 20.4 Å². The minimum atomic E-state index is -0.300. The minimum Gasteiger partial charge on any atom is -0.493 e. The Morgan fingerprint density at radius 1 is 1.37 bits per heavy atom. The Morgan fingerprint density at radius 2 is 2.27 bits per heavy atom. The molecule has 0 saturated carbocycles. The van der Waals surface area contributed by atoms with Crippen LogP contribution in [0.1, 0.15) is 49.0 Å². The van der Waals surface area contributed by atoms with E-state index in [1.54, 1.807) is 7.11 Å². The number of benzene rings is 1. The van der Waals surface area contributed by atoms with Gasteiger partial charge < -0.3 is 24.2 Å². The zero-order chi connectivity index (χ0) is 20.7. The van der Waals surface area contributed by atoms with E-state index in [9.17, 15) is 4.79 Å². The van der Waals surface area contributed by atoms with Gasteiger partial charge in [-0.05, 0) is 38.7 Å². The van der Waals surface area contributed by atoms with E-state index in [4.69, 9.17) is 14.0 Å². The lowest BCUT2D eigenvalue weighted by molar-refractivity contribution is -0.141. The molecule has 1 N–H and O–H groups in total. The number of hydrogen-bond donors (Lipinski definition) is 1. The van der Waals surface area contributed by atoms with E-state index in [0.717, 1.165) is 55.8 Å². The van der Waals surface area contributed by atoms with E-state index in [1.807, 2.05) is 24.0 Å². The highest BCUT2D eigenvalue weighted by molar-refractivity contribution is 5.82. The summed E-state index contributed by atoms with van der Waals surface area (Å²) in [5.41, 5.74) is 0.769. The minimum absolute atomic E-state index is 0.144. The highest BCUT2D eigenvalue weighted by Crippen LogP contribution is 2.50. The van der Waals surface area contributed by atoms with E-state index >= 15 is 0 Å². The second-order valence-corrected chi connectivity index (χ2v) is 8.50. The summed E-state index contributed by atoms with van der Waals surface area (Å²) in [5, 5.41) is 7.44. The average molecular weight is 412 g/mol. The molecule has 8 heteroatoms. The molecule has 5 rings (SSSR count). The van der Waals surface area contributed by atoms with Crippen LogP contribution in [0.3, 0.4) is 0 Å². The summed E-state index contributed by atoms with van der Waals surface area (Å²) in [6.07, 6.45) is 3.70. The second kappa shape index (κ2) is 7.58. The van der Waals surface area contributed by atoms with Gasteiger partial charge in [-0.15, -0.1) is 0 Å². The number of likely N-dealkylation sites (tertiary alicyclic amines) is 1. The lowest BCUT2D eigenvalue weighted by atomic mass is 9.68. The number of ether oxygens (including phenoxy) is 2. The molecule has 3 aliphatic rings. The summed E-state index contributed by atoms with van der Waals surface area (Å²) in [4.78, 5) is 20.4. The zero-order valence-electron chi connectivity index (χ0n) is 17.5. The van der Waals surface area contributed by atoms with Gasteiger partial charge in [0.2, 0.25) is 11.8 Å². The molecule has 0 bridgehead atoms. The molecule has 1 aromatic heterocycles. The maximum Gasteiger partial charge on any atom is 0.249 e. The molecule has 160 valence electrons. The second-order valence-electron chi connectivity index (χ2n) is 8.50. The van der Waals surface area contributed by atoms with Gasteiger partial charge in [0.05, 0.1) is 19.6 Å². The van der Waals surface area contributed by atoms with E-state index in [0.29, 0.717) is 24.9 Å². The topological polar surface area (TPSA) is 89.7 Å².